The summed E-state index contributed by atoms with van der Waals surface area (Å²) < 4.78 is 28.2. The topological polar surface area (TPSA) is 42.7 Å². The first-order chi connectivity index (χ1) is 9.08. The molecule has 1 heterocycles. The van der Waals surface area contributed by atoms with E-state index in [9.17, 15) is 8.78 Å². The van der Waals surface area contributed by atoms with Crippen LogP contribution in [0.2, 0.25) is 0 Å². The lowest BCUT2D eigenvalue weighted by Gasteiger charge is -2.14. The van der Waals surface area contributed by atoms with Crippen LogP contribution in [0.3, 0.4) is 0 Å². The van der Waals surface area contributed by atoms with Crippen molar-refractivity contribution in [3.63, 3.8) is 0 Å². The molecule has 1 aromatic heterocycles. The van der Waals surface area contributed by atoms with Crippen LogP contribution in [0.5, 0.6) is 0 Å². The van der Waals surface area contributed by atoms with Crippen LogP contribution in [-0.4, -0.2) is 21.3 Å². The van der Waals surface area contributed by atoms with E-state index in [2.05, 4.69) is 15.5 Å². The molecule has 6 heteroatoms. The summed E-state index contributed by atoms with van der Waals surface area (Å²) in [5.41, 5.74) is 0.458. The third-order valence-electron chi connectivity index (χ3n) is 3.03. The third kappa shape index (κ3) is 3.35. The fourth-order valence-electron chi connectivity index (χ4n) is 1.90. The van der Waals surface area contributed by atoms with Crippen LogP contribution in [0.25, 0.3) is 0 Å². The first-order valence-electron chi connectivity index (χ1n) is 6.09. The zero-order valence-electron chi connectivity index (χ0n) is 10.9. The Labute approximate surface area is 110 Å². The maximum absolute atomic E-state index is 13.6. The molecule has 1 aromatic carbocycles. The van der Waals surface area contributed by atoms with E-state index in [4.69, 9.17) is 0 Å². The molecule has 0 saturated heterocycles. The van der Waals surface area contributed by atoms with Crippen LogP contribution in [0, 0.1) is 11.6 Å². The Bertz CT molecular complexity index is 553. The number of nitrogens with zero attached hydrogens (tertiary/aromatic N) is 3. The maximum Gasteiger partial charge on any atom is 0.133 e. The Hall–Kier alpha value is -1.82. The lowest BCUT2D eigenvalue weighted by Crippen LogP contribution is -2.23. The SMILES string of the molecule is CC(NCCc1nncn1C)c1ccc(F)cc1F. The standard InChI is InChI=1S/C13H16F2N4/c1-9(11-4-3-10(14)7-12(11)15)16-6-5-13-18-17-8-19(13)2/h3-4,7-9,16H,5-6H2,1-2H3. The van der Waals surface area contributed by atoms with E-state index >= 15 is 0 Å². The minimum absolute atomic E-state index is 0.186. The predicted molar refractivity (Wildman–Crippen MR) is 67.5 cm³/mol. The molecule has 0 spiro atoms. The maximum atomic E-state index is 13.6. The van der Waals surface area contributed by atoms with E-state index in [1.807, 2.05) is 18.5 Å². The molecule has 0 aliphatic heterocycles. The molecule has 102 valence electrons. The van der Waals surface area contributed by atoms with Crippen molar-refractivity contribution in [2.45, 2.75) is 19.4 Å². The second-order valence-corrected chi connectivity index (χ2v) is 4.45. The lowest BCUT2D eigenvalue weighted by atomic mass is 10.1. The Morgan fingerprint density at radius 3 is 2.79 bits per heavy atom. The fraction of sp³-hybridized carbons (Fsp3) is 0.385. The molecule has 0 fully saturated rings. The zero-order chi connectivity index (χ0) is 13.8. The molecule has 1 atom stereocenters. The molecule has 0 aliphatic carbocycles. The predicted octanol–water partition coefficient (Wildman–Crippen LogP) is 1.99. The average Bonchev–Trinajstić information content (AvgIpc) is 2.75. The van der Waals surface area contributed by atoms with Crippen molar-refractivity contribution in [2.24, 2.45) is 7.05 Å². The van der Waals surface area contributed by atoms with Gasteiger partial charge >= 0.3 is 0 Å². The van der Waals surface area contributed by atoms with Crippen molar-refractivity contribution in [2.75, 3.05) is 6.54 Å². The molecular formula is C13H16F2N4. The van der Waals surface area contributed by atoms with Gasteiger partial charge in [0.2, 0.25) is 0 Å². The number of benzene rings is 1. The number of hydrogen-bond acceptors (Lipinski definition) is 3. The van der Waals surface area contributed by atoms with Gasteiger partial charge in [0.05, 0.1) is 0 Å². The van der Waals surface area contributed by atoms with Gasteiger partial charge in [0, 0.05) is 37.7 Å². The van der Waals surface area contributed by atoms with E-state index < -0.39 is 11.6 Å². The number of hydrogen-bond donors (Lipinski definition) is 1. The van der Waals surface area contributed by atoms with E-state index in [-0.39, 0.29) is 6.04 Å². The number of rotatable bonds is 5. The van der Waals surface area contributed by atoms with Crippen LogP contribution >= 0.6 is 0 Å². The molecule has 0 amide bonds. The average molecular weight is 266 g/mol. The highest BCUT2D eigenvalue weighted by Crippen LogP contribution is 2.17. The molecule has 2 rings (SSSR count). The highest BCUT2D eigenvalue weighted by atomic mass is 19.1. The molecule has 0 bridgehead atoms. The van der Waals surface area contributed by atoms with Crippen LogP contribution in [-0.2, 0) is 13.5 Å². The van der Waals surface area contributed by atoms with E-state index in [1.165, 1.54) is 12.1 Å². The molecule has 0 aliphatic rings. The number of aromatic nitrogens is 3. The van der Waals surface area contributed by atoms with Crippen molar-refractivity contribution in [3.05, 3.63) is 47.5 Å². The summed E-state index contributed by atoms with van der Waals surface area (Å²) >= 11 is 0. The molecule has 1 unspecified atom stereocenters. The molecule has 1 N–H and O–H groups in total. The van der Waals surface area contributed by atoms with Crippen molar-refractivity contribution >= 4 is 0 Å². The summed E-state index contributed by atoms with van der Waals surface area (Å²) in [5, 5.41) is 10.9. The van der Waals surface area contributed by atoms with Gasteiger partial charge in [-0.25, -0.2) is 8.78 Å². The Kier molecular flexibility index (Phi) is 4.21. The largest absolute Gasteiger partial charge is 0.321 e. The molecule has 4 nitrogen and oxygen atoms in total. The Morgan fingerprint density at radius 1 is 1.37 bits per heavy atom. The summed E-state index contributed by atoms with van der Waals surface area (Å²) in [6.45, 7) is 2.48. The quantitative estimate of drug-likeness (QED) is 0.900. The normalized spacial score (nSPS) is 12.6. The fourth-order valence-corrected chi connectivity index (χ4v) is 1.90. The van der Waals surface area contributed by atoms with Crippen LogP contribution in [0.15, 0.2) is 24.5 Å². The molecule has 19 heavy (non-hydrogen) atoms. The number of aryl methyl sites for hydroxylation is 1. The molecule has 0 saturated carbocycles. The first kappa shape index (κ1) is 13.6. The second kappa shape index (κ2) is 5.88. The highest BCUT2D eigenvalue weighted by molar-refractivity contribution is 5.21. The monoisotopic (exact) mass is 266 g/mol. The summed E-state index contributed by atoms with van der Waals surface area (Å²) in [4.78, 5) is 0. The molecule has 2 aromatic rings. The van der Waals surface area contributed by atoms with Crippen molar-refractivity contribution in [1.29, 1.82) is 0 Å². The van der Waals surface area contributed by atoms with E-state index in [0.717, 1.165) is 11.9 Å². The second-order valence-electron chi connectivity index (χ2n) is 4.45. The zero-order valence-corrected chi connectivity index (χ0v) is 10.9. The number of nitrogens with one attached hydrogen (secondary N) is 1. The van der Waals surface area contributed by atoms with Crippen LogP contribution in [0.1, 0.15) is 24.4 Å². The van der Waals surface area contributed by atoms with Crippen molar-refractivity contribution < 1.29 is 8.78 Å². The van der Waals surface area contributed by atoms with Gasteiger partial charge in [-0.2, -0.15) is 0 Å². The van der Waals surface area contributed by atoms with Gasteiger partial charge in [0.15, 0.2) is 0 Å². The highest BCUT2D eigenvalue weighted by Gasteiger charge is 2.11. The van der Waals surface area contributed by atoms with Gasteiger partial charge in [-0.05, 0) is 13.0 Å². The minimum Gasteiger partial charge on any atom is -0.321 e. The van der Waals surface area contributed by atoms with Crippen molar-refractivity contribution in [1.82, 2.24) is 20.1 Å². The first-order valence-corrected chi connectivity index (χ1v) is 6.09. The Balaban J connectivity index is 1.91. The molecular weight excluding hydrogens is 250 g/mol. The van der Waals surface area contributed by atoms with Crippen LogP contribution in [0.4, 0.5) is 8.78 Å². The van der Waals surface area contributed by atoms with Gasteiger partial charge in [0.25, 0.3) is 0 Å². The van der Waals surface area contributed by atoms with Gasteiger partial charge < -0.3 is 9.88 Å². The van der Waals surface area contributed by atoms with Gasteiger partial charge in [-0.15, -0.1) is 10.2 Å². The molecule has 0 radical (unpaired) electrons. The summed E-state index contributed by atoms with van der Waals surface area (Å²) in [5.74, 6) is -0.231. The Morgan fingerprint density at radius 2 is 2.16 bits per heavy atom. The van der Waals surface area contributed by atoms with E-state index in [1.54, 1.807) is 6.33 Å². The van der Waals surface area contributed by atoms with Gasteiger partial charge in [-0.3, -0.25) is 0 Å². The van der Waals surface area contributed by atoms with Crippen LogP contribution < -0.4 is 5.32 Å². The minimum atomic E-state index is -0.562. The van der Waals surface area contributed by atoms with Crippen molar-refractivity contribution in [3.8, 4) is 0 Å². The van der Waals surface area contributed by atoms with Gasteiger partial charge in [0.1, 0.15) is 23.8 Å². The smallest absolute Gasteiger partial charge is 0.133 e. The lowest BCUT2D eigenvalue weighted by molar-refractivity contribution is 0.516. The van der Waals surface area contributed by atoms with E-state index in [0.29, 0.717) is 18.5 Å². The summed E-state index contributed by atoms with van der Waals surface area (Å²) in [7, 11) is 1.87. The summed E-state index contributed by atoms with van der Waals surface area (Å²) in [6, 6.07) is 3.44. The number of halogens is 2. The van der Waals surface area contributed by atoms with Gasteiger partial charge in [-0.1, -0.05) is 6.07 Å². The summed E-state index contributed by atoms with van der Waals surface area (Å²) in [6.07, 6.45) is 2.34. The third-order valence-corrected chi connectivity index (χ3v) is 3.03.